The number of hydrogen-bond donors (Lipinski definition) is 0. The molecule has 0 N–H and O–H groups in total. The Hall–Kier alpha value is -1.59. The summed E-state index contributed by atoms with van der Waals surface area (Å²) in [6.07, 6.45) is 15.0. The topological polar surface area (TPSA) is 12.4 Å². The van der Waals surface area contributed by atoms with Crippen molar-refractivity contribution in [2.24, 2.45) is 10.9 Å². The van der Waals surface area contributed by atoms with Gasteiger partial charge < -0.3 is 0 Å². The molecule has 1 atom stereocenters. The Morgan fingerprint density at radius 3 is 3.00 bits per heavy atom. The minimum Gasteiger partial charge on any atom is -0.284 e. The molecule has 0 aromatic carbocycles. The summed E-state index contributed by atoms with van der Waals surface area (Å²) in [6.45, 7) is 11.0. The molecule has 1 heterocycles. The van der Waals surface area contributed by atoms with Crippen molar-refractivity contribution < 1.29 is 0 Å². The average molecular weight is 269 g/mol. The summed E-state index contributed by atoms with van der Waals surface area (Å²) in [7, 11) is 0. The molecule has 0 radical (unpaired) electrons. The van der Waals surface area contributed by atoms with Gasteiger partial charge in [0.05, 0.1) is 6.54 Å². The smallest absolute Gasteiger partial charge is 0.0574 e. The van der Waals surface area contributed by atoms with Crippen molar-refractivity contribution in [3.63, 3.8) is 0 Å². The summed E-state index contributed by atoms with van der Waals surface area (Å²) in [5.74, 6) is 0.512. The fourth-order valence-corrected chi connectivity index (χ4v) is 2.49. The molecule has 0 spiro atoms. The molecule has 0 aliphatic carbocycles. The van der Waals surface area contributed by atoms with Gasteiger partial charge in [0.25, 0.3) is 0 Å². The molecular formula is C19H27N. The van der Waals surface area contributed by atoms with E-state index in [9.17, 15) is 0 Å². The van der Waals surface area contributed by atoms with Gasteiger partial charge in [-0.25, -0.2) is 0 Å². The molecule has 1 aliphatic heterocycles. The normalized spacial score (nSPS) is 23.8. The van der Waals surface area contributed by atoms with Crippen molar-refractivity contribution in [2.45, 2.75) is 46.5 Å². The number of aliphatic imine (C=N–C) groups is 1. The van der Waals surface area contributed by atoms with Crippen LogP contribution in [0.1, 0.15) is 46.5 Å². The maximum Gasteiger partial charge on any atom is 0.0574 e. The lowest BCUT2D eigenvalue weighted by Gasteiger charge is -2.13. The van der Waals surface area contributed by atoms with E-state index in [4.69, 9.17) is 4.99 Å². The van der Waals surface area contributed by atoms with Gasteiger partial charge in [-0.15, -0.1) is 12.3 Å². The first kappa shape index (κ1) is 16.5. The van der Waals surface area contributed by atoms with Gasteiger partial charge in [-0.1, -0.05) is 37.3 Å². The first-order valence-corrected chi connectivity index (χ1v) is 7.58. The zero-order valence-corrected chi connectivity index (χ0v) is 13.2. The molecule has 1 rings (SSSR count). The van der Waals surface area contributed by atoms with Gasteiger partial charge in [-0.05, 0) is 51.0 Å². The van der Waals surface area contributed by atoms with Crippen LogP contribution in [0.15, 0.2) is 58.8 Å². The predicted octanol–water partition coefficient (Wildman–Crippen LogP) is 5.43. The van der Waals surface area contributed by atoms with Crippen LogP contribution in [0.25, 0.3) is 0 Å². The van der Waals surface area contributed by atoms with E-state index in [-0.39, 0.29) is 0 Å². The van der Waals surface area contributed by atoms with Gasteiger partial charge in [0, 0.05) is 11.3 Å². The molecule has 0 saturated carbocycles. The van der Waals surface area contributed by atoms with E-state index in [1.54, 1.807) is 0 Å². The summed E-state index contributed by atoms with van der Waals surface area (Å²) in [6, 6.07) is 0. The minimum atomic E-state index is 0.512. The number of allylic oxidation sites excluding steroid dienone is 5. The lowest BCUT2D eigenvalue weighted by Crippen LogP contribution is -2.12. The third-order valence-electron chi connectivity index (χ3n) is 3.47. The van der Waals surface area contributed by atoms with E-state index in [1.165, 1.54) is 36.1 Å². The van der Waals surface area contributed by atoms with E-state index in [0.29, 0.717) is 5.92 Å². The first-order valence-electron chi connectivity index (χ1n) is 7.58. The molecule has 1 heteroatoms. The molecule has 0 aromatic heterocycles. The Kier molecular flexibility index (Phi) is 7.69. The number of hydrogen-bond acceptors (Lipinski definition) is 1. The molecule has 1 aliphatic rings. The van der Waals surface area contributed by atoms with Gasteiger partial charge in [0.15, 0.2) is 0 Å². The molecule has 0 aromatic rings. The highest BCUT2D eigenvalue weighted by atomic mass is 14.7. The molecule has 108 valence electrons. The third-order valence-corrected chi connectivity index (χ3v) is 3.47. The standard InChI is InChI=1S/C19H27N/c1-5-11-18(12-6-2)15-17(4)19-16(3)13-9-7-8-10-14-20-19/h5-6,8,10,12,16H,1,7,9,11,13-14H2,2-4H3/b10-8-,12-6-,20-19+. The Labute approximate surface area is 124 Å². The van der Waals surface area contributed by atoms with Gasteiger partial charge in [0.1, 0.15) is 0 Å². The average Bonchev–Trinajstić information content (AvgIpc) is 2.51. The summed E-state index contributed by atoms with van der Waals surface area (Å²) in [4.78, 5) is 4.76. The lowest BCUT2D eigenvalue weighted by molar-refractivity contribution is 0.641. The van der Waals surface area contributed by atoms with Crippen LogP contribution in [-0.2, 0) is 0 Å². The summed E-state index contributed by atoms with van der Waals surface area (Å²) >= 11 is 0. The highest BCUT2D eigenvalue weighted by Gasteiger charge is 2.12. The summed E-state index contributed by atoms with van der Waals surface area (Å²) < 4.78 is 0. The molecule has 1 unspecified atom stereocenters. The van der Waals surface area contributed by atoms with Gasteiger partial charge in [0.2, 0.25) is 0 Å². The van der Waals surface area contributed by atoms with Crippen molar-refractivity contribution >= 4 is 5.71 Å². The van der Waals surface area contributed by atoms with E-state index in [0.717, 1.165) is 13.0 Å². The van der Waals surface area contributed by atoms with Crippen LogP contribution in [0.4, 0.5) is 0 Å². The number of nitrogens with zero attached hydrogens (tertiary/aromatic N) is 1. The Morgan fingerprint density at radius 2 is 2.30 bits per heavy atom. The minimum absolute atomic E-state index is 0.512. The number of rotatable bonds is 4. The van der Waals surface area contributed by atoms with Gasteiger partial charge in [-0.3, -0.25) is 4.99 Å². The molecule has 0 saturated heterocycles. The third kappa shape index (κ3) is 5.59. The molecule has 0 amide bonds. The van der Waals surface area contributed by atoms with Crippen molar-refractivity contribution in [3.05, 3.63) is 53.8 Å². The molecule has 0 bridgehead atoms. The largest absolute Gasteiger partial charge is 0.284 e. The quantitative estimate of drug-likeness (QED) is 0.367. The van der Waals surface area contributed by atoms with E-state index in [1.807, 2.05) is 13.0 Å². The van der Waals surface area contributed by atoms with E-state index < -0.39 is 0 Å². The second-order valence-electron chi connectivity index (χ2n) is 5.30. The van der Waals surface area contributed by atoms with Crippen LogP contribution in [0.5, 0.6) is 0 Å². The lowest BCUT2D eigenvalue weighted by atomic mass is 9.94. The molecular weight excluding hydrogens is 242 g/mol. The van der Waals surface area contributed by atoms with Crippen molar-refractivity contribution in [1.82, 2.24) is 0 Å². The SMILES string of the molecule is C=CCC(=C=C(C)/C1=N/C/C=C\CCCC1C)/C=C\C. The second kappa shape index (κ2) is 9.34. The second-order valence-corrected chi connectivity index (χ2v) is 5.30. The maximum atomic E-state index is 4.76. The predicted molar refractivity (Wildman–Crippen MR) is 90.3 cm³/mol. The van der Waals surface area contributed by atoms with Crippen LogP contribution in [0.2, 0.25) is 0 Å². The van der Waals surface area contributed by atoms with Crippen LogP contribution in [0, 0.1) is 5.92 Å². The van der Waals surface area contributed by atoms with Crippen LogP contribution in [0.3, 0.4) is 0 Å². The van der Waals surface area contributed by atoms with Gasteiger partial charge >= 0.3 is 0 Å². The van der Waals surface area contributed by atoms with E-state index in [2.05, 4.69) is 50.5 Å². The maximum absolute atomic E-state index is 4.76. The van der Waals surface area contributed by atoms with Crippen molar-refractivity contribution in [2.75, 3.05) is 6.54 Å². The van der Waals surface area contributed by atoms with Crippen LogP contribution < -0.4 is 0 Å². The van der Waals surface area contributed by atoms with E-state index >= 15 is 0 Å². The Morgan fingerprint density at radius 1 is 1.50 bits per heavy atom. The summed E-state index contributed by atoms with van der Waals surface area (Å²) in [5.41, 5.74) is 7.06. The highest BCUT2D eigenvalue weighted by molar-refractivity contribution is 6.01. The Bertz CT molecular complexity index is 468. The molecule has 0 fully saturated rings. The summed E-state index contributed by atoms with van der Waals surface area (Å²) in [5, 5.41) is 0. The first-order chi connectivity index (χ1) is 9.69. The fourth-order valence-electron chi connectivity index (χ4n) is 2.49. The van der Waals surface area contributed by atoms with Crippen molar-refractivity contribution in [1.29, 1.82) is 0 Å². The fraction of sp³-hybridized carbons (Fsp3) is 0.474. The zero-order valence-electron chi connectivity index (χ0n) is 13.2. The van der Waals surface area contributed by atoms with Crippen LogP contribution >= 0.6 is 0 Å². The van der Waals surface area contributed by atoms with Crippen LogP contribution in [-0.4, -0.2) is 12.3 Å². The monoisotopic (exact) mass is 269 g/mol. The van der Waals surface area contributed by atoms with Crippen molar-refractivity contribution in [3.8, 4) is 0 Å². The molecule has 20 heavy (non-hydrogen) atoms. The highest BCUT2D eigenvalue weighted by Crippen LogP contribution is 2.17. The Balaban J connectivity index is 3.11. The molecule has 1 nitrogen and oxygen atoms in total. The zero-order chi connectivity index (χ0) is 14.8. The van der Waals surface area contributed by atoms with Gasteiger partial charge in [-0.2, -0.15) is 0 Å².